The van der Waals surface area contributed by atoms with Gasteiger partial charge in [0.15, 0.2) is 0 Å². The molecule has 0 saturated carbocycles. The van der Waals surface area contributed by atoms with E-state index in [2.05, 4.69) is 4.90 Å². The molecule has 2 fully saturated rings. The lowest BCUT2D eigenvalue weighted by molar-refractivity contribution is 0.0132. The molecule has 0 aliphatic carbocycles. The summed E-state index contributed by atoms with van der Waals surface area (Å²) in [5.74, 6) is -1.33. The van der Waals surface area contributed by atoms with E-state index in [0.717, 1.165) is 49.4 Å². The van der Waals surface area contributed by atoms with E-state index in [9.17, 15) is 19.2 Å². The zero-order chi connectivity index (χ0) is 30.9. The number of nitrogens with zero attached hydrogens (tertiary/aromatic N) is 4. The molecular weight excluding hydrogens is 570 g/mol. The summed E-state index contributed by atoms with van der Waals surface area (Å²) in [6.07, 6.45) is 3.14. The average molecular weight is 607 g/mol. The number of likely N-dealkylation sites (tertiary alicyclic amines) is 1. The van der Waals surface area contributed by atoms with Crippen LogP contribution in [0, 0.1) is 23.0 Å². The van der Waals surface area contributed by atoms with E-state index in [0.29, 0.717) is 46.0 Å². The van der Waals surface area contributed by atoms with Crippen molar-refractivity contribution < 1.29 is 23.1 Å². The van der Waals surface area contributed by atoms with Crippen molar-refractivity contribution in [1.29, 1.82) is 5.26 Å². The number of rotatable bonds is 5. The molecule has 2 amide bonds. The van der Waals surface area contributed by atoms with Gasteiger partial charge in [-0.05, 0) is 88.4 Å². The highest BCUT2D eigenvalue weighted by atomic mass is 32.1. The van der Waals surface area contributed by atoms with Gasteiger partial charge in [-0.1, -0.05) is 6.07 Å². The number of halogens is 2. The molecule has 0 N–H and O–H groups in total. The Hall–Kier alpha value is -3.97. The van der Waals surface area contributed by atoms with Gasteiger partial charge in [-0.2, -0.15) is 5.26 Å². The van der Waals surface area contributed by atoms with Gasteiger partial charge < -0.3 is 19.4 Å². The Morgan fingerprint density at radius 1 is 1.00 bits per heavy atom. The second-order valence-electron chi connectivity index (χ2n) is 12.2. The first kappa shape index (κ1) is 30.5. The van der Waals surface area contributed by atoms with Crippen LogP contribution >= 0.6 is 11.3 Å². The van der Waals surface area contributed by atoms with Gasteiger partial charge >= 0.3 is 6.09 Å². The highest BCUT2D eigenvalue weighted by Gasteiger charge is 2.32. The van der Waals surface area contributed by atoms with E-state index in [-0.39, 0.29) is 17.5 Å². The number of carbonyl (C=O) groups is 2. The van der Waals surface area contributed by atoms with Gasteiger partial charge in [-0.3, -0.25) is 4.79 Å². The number of hydrogen-bond donors (Lipinski definition) is 0. The third-order valence-electron chi connectivity index (χ3n) is 7.92. The van der Waals surface area contributed by atoms with Crippen LogP contribution in [-0.4, -0.2) is 66.7 Å². The van der Waals surface area contributed by atoms with Crippen LogP contribution in [0.1, 0.15) is 61.7 Å². The topological polar surface area (TPSA) is 76.9 Å². The van der Waals surface area contributed by atoms with Crippen molar-refractivity contribution in [2.24, 2.45) is 0 Å². The molecular formula is C33H36F2N4O3S. The fraction of sp³-hybridized carbons (Fsp3) is 0.424. The second kappa shape index (κ2) is 12.3. The van der Waals surface area contributed by atoms with Gasteiger partial charge in [-0.15, -0.1) is 11.3 Å². The lowest BCUT2D eigenvalue weighted by Crippen LogP contribution is -2.51. The Bertz CT molecular complexity index is 1570. The molecule has 1 atom stereocenters. The van der Waals surface area contributed by atoms with Crippen LogP contribution in [0.5, 0.6) is 0 Å². The number of thiophene rings is 1. The standard InChI is InChI=1S/C33H36F2N4O3S/c1-33(2,3)42-32(41)37(4)24-8-7-15-39(20-24)31(40)29-18-26(21-9-10-22(19-36)27(34)16-21)30(43-29)25-12-11-23(17-28(25)35)38-13-5-6-14-38/h9-12,16-18,24H,5-8,13-15,20H2,1-4H3/t24-/m1/s1. The number of ether oxygens (including phenoxy) is 1. The SMILES string of the molecule is CN(C(=O)OC(C)(C)C)[C@@H]1CCCN(C(=O)c2cc(-c3ccc(C#N)c(F)c3)c(-c3ccc(N4CCCC4)cc3F)s2)C1. The van der Waals surface area contributed by atoms with Crippen molar-refractivity contribution >= 4 is 29.0 Å². The minimum Gasteiger partial charge on any atom is -0.444 e. The van der Waals surface area contributed by atoms with Gasteiger partial charge in [0.2, 0.25) is 0 Å². The first-order valence-corrected chi connectivity index (χ1v) is 15.4. The quantitative estimate of drug-likeness (QED) is 0.305. The predicted octanol–water partition coefficient (Wildman–Crippen LogP) is 7.30. The van der Waals surface area contributed by atoms with Crippen molar-refractivity contribution in [3.05, 3.63) is 64.5 Å². The molecule has 2 aromatic carbocycles. The maximum absolute atomic E-state index is 15.7. The molecule has 2 saturated heterocycles. The Labute approximate surface area is 255 Å². The van der Waals surface area contributed by atoms with E-state index in [1.165, 1.54) is 18.2 Å². The van der Waals surface area contributed by atoms with E-state index in [1.807, 2.05) is 32.9 Å². The smallest absolute Gasteiger partial charge is 0.410 e. The molecule has 0 spiro atoms. The van der Waals surface area contributed by atoms with E-state index in [1.54, 1.807) is 35.0 Å². The van der Waals surface area contributed by atoms with Crippen molar-refractivity contribution in [1.82, 2.24) is 9.80 Å². The molecule has 43 heavy (non-hydrogen) atoms. The molecule has 5 rings (SSSR count). The number of benzene rings is 2. The molecule has 3 heterocycles. The Kier molecular flexibility index (Phi) is 8.74. The van der Waals surface area contributed by atoms with E-state index >= 15 is 4.39 Å². The fourth-order valence-corrected chi connectivity index (χ4v) is 6.81. The average Bonchev–Trinajstić information content (AvgIpc) is 3.67. The van der Waals surface area contributed by atoms with E-state index in [4.69, 9.17) is 4.74 Å². The molecule has 3 aromatic rings. The number of nitriles is 1. The fourth-order valence-electron chi connectivity index (χ4n) is 5.64. The van der Waals surface area contributed by atoms with Gasteiger partial charge in [0.05, 0.1) is 16.5 Å². The normalized spacial score (nSPS) is 17.1. The van der Waals surface area contributed by atoms with Gasteiger partial charge in [0.1, 0.15) is 23.3 Å². The summed E-state index contributed by atoms with van der Waals surface area (Å²) in [7, 11) is 1.68. The molecule has 2 aliphatic rings. The first-order chi connectivity index (χ1) is 20.4. The van der Waals surface area contributed by atoms with Crippen LogP contribution < -0.4 is 4.90 Å². The van der Waals surface area contributed by atoms with Gasteiger partial charge in [0, 0.05) is 54.9 Å². The molecule has 1 aromatic heterocycles. The number of piperidine rings is 1. The second-order valence-corrected chi connectivity index (χ2v) is 13.2. The Morgan fingerprint density at radius 3 is 2.40 bits per heavy atom. The van der Waals surface area contributed by atoms with Crippen molar-refractivity contribution in [2.45, 2.75) is 58.1 Å². The molecule has 10 heteroatoms. The maximum atomic E-state index is 15.7. The van der Waals surface area contributed by atoms with Crippen LogP contribution in [0.4, 0.5) is 19.3 Å². The van der Waals surface area contributed by atoms with Crippen molar-refractivity contribution in [3.63, 3.8) is 0 Å². The molecule has 2 aliphatic heterocycles. The zero-order valence-electron chi connectivity index (χ0n) is 25.0. The van der Waals surface area contributed by atoms with Crippen molar-refractivity contribution in [2.75, 3.05) is 38.1 Å². The number of amides is 2. The maximum Gasteiger partial charge on any atom is 0.410 e. The summed E-state index contributed by atoms with van der Waals surface area (Å²) in [5.41, 5.74) is 1.38. The zero-order valence-corrected chi connectivity index (χ0v) is 25.8. The molecule has 226 valence electrons. The van der Waals surface area contributed by atoms with Crippen LogP contribution in [0.15, 0.2) is 42.5 Å². The summed E-state index contributed by atoms with van der Waals surface area (Å²) in [5, 5.41) is 9.21. The molecule has 0 unspecified atom stereocenters. The third-order valence-corrected chi connectivity index (χ3v) is 9.08. The van der Waals surface area contributed by atoms with Crippen molar-refractivity contribution in [3.8, 4) is 27.6 Å². The van der Waals surface area contributed by atoms with E-state index < -0.39 is 23.3 Å². The minimum atomic E-state index is -0.682. The molecule has 7 nitrogen and oxygen atoms in total. The number of likely N-dealkylation sites (N-methyl/N-ethyl adjacent to an activating group) is 1. The monoisotopic (exact) mass is 606 g/mol. The minimum absolute atomic E-state index is 0.0913. The van der Waals surface area contributed by atoms with Gasteiger partial charge in [0.25, 0.3) is 5.91 Å². The third kappa shape index (κ3) is 6.67. The van der Waals surface area contributed by atoms with Crippen LogP contribution in [0.25, 0.3) is 21.6 Å². The predicted molar refractivity (Wildman–Crippen MR) is 164 cm³/mol. The highest BCUT2D eigenvalue weighted by Crippen LogP contribution is 2.42. The lowest BCUT2D eigenvalue weighted by Gasteiger charge is -2.38. The lowest BCUT2D eigenvalue weighted by atomic mass is 10.00. The Morgan fingerprint density at radius 2 is 1.74 bits per heavy atom. The first-order valence-electron chi connectivity index (χ1n) is 14.6. The van der Waals surface area contributed by atoms with Crippen LogP contribution in [0.3, 0.4) is 0 Å². The van der Waals surface area contributed by atoms with Crippen LogP contribution in [0.2, 0.25) is 0 Å². The molecule has 0 radical (unpaired) electrons. The summed E-state index contributed by atoms with van der Waals surface area (Å²) < 4.78 is 35.9. The highest BCUT2D eigenvalue weighted by molar-refractivity contribution is 7.18. The largest absolute Gasteiger partial charge is 0.444 e. The summed E-state index contributed by atoms with van der Waals surface area (Å²) in [6.45, 7) is 8.04. The van der Waals surface area contributed by atoms with Gasteiger partial charge in [-0.25, -0.2) is 13.6 Å². The summed E-state index contributed by atoms with van der Waals surface area (Å²) in [4.78, 5) is 32.9. The summed E-state index contributed by atoms with van der Waals surface area (Å²) in [6, 6.07) is 12.7. The van der Waals surface area contributed by atoms with Crippen LogP contribution in [-0.2, 0) is 4.74 Å². The Balaban J connectivity index is 1.47. The number of hydrogen-bond acceptors (Lipinski definition) is 6. The number of carbonyl (C=O) groups excluding carboxylic acids is 2. The number of anilines is 1. The molecule has 0 bridgehead atoms. The summed E-state index contributed by atoms with van der Waals surface area (Å²) >= 11 is 1.16.